The molecule has 8 heteroatoms. The summed E-state index contributed by atoms with van der Waals surface area (Å²) in [5.41, 5.74) is -2.32. The summed E-state index contributed by atoms with van der Waals surface area (Å²) in [6, 6.07) is 0. The zero-order chi connectivity index (χ0) is 15.9. The van der Waals surface area contributed by atoms with Crippen molar-refractivity contribution in [2.45, 2.75) is 19.8 Å². The topological polar surface area (TPSA) is 40.5 Å². The van der Waals surface area contributed by atoms with Gasteiger partial charge in [-0.05, 0) is 12.8 Å². The minimum atomic E-state index is -2.23. The van der Waals surface area contributed by atoms with Crippen LogP contribution in [0.5, 0.6) is 0 Å². The Morgan fingerprint density at radius 2 is 1.57 bits per heavy atom. The van der Waals surface area contributed by atoms with Crippen molar-refractivity contribution >= 4 is 11.7 Å². The van der Waals surface area contributed by atoms with Crippen molar-refractivity contribution in [1.29, 1.82) is 0 Å². The summed E-state index contributed by atoms with van der Waals surface area (Å²) in [6.45, 7) is 1.19. The van der Waals surface area contributed by atoms with Crippen LogP contribution in [0.1, 0.15) is 19.8 Å². The van der Waals surface area contributed by atoms with Crippen LogP contribution in [0.25, 0.3) is 0 Å². The van der Waals surface area contributed by atoms with E-state index in [1.807, 2.05) is 0 Å². The number of aliphatic carboxylic acids is 1. The maximum Gasteiger partial charge on any atom is 0.311 e. The van der Waals surface area contributed by atoms with Crippen molar-refractivity contribution < 1.29 is 31.9 Å². The van der Waals surface area contributed by atoms with E-state index in [0.717, 1.165) is 4.90 Å². The van der Waals surface area contributed by atoms with E-state index in [-0.39, 0.29) is 25.9 Å². The van der Waals surface area contributed by atoms with Crippen LogP contribution in [0.15, 0.2) is 0 Å². The molecule has 0 bridgehead atoms. The minimum Gasteiger partial charge on any atom is -0.481 e. The zero-order valence-corrected chi connectivity index (χ0v) is 11.0. The Balaban J connectivity index is 2.48. The monoisotopic (exact) mass is 309 g/mol. The maximum absolute atomic E-state index is 13.7. The maximum atomic E-state index is 13.7. The number of carboxylic acid groups (broad SMARTS) is 1. The summed E-state index contributed by atoms with van der Waals surface area (Å²) in [4.78, 5) is 12.2. The predicted octanol–water partition coefficient (Wildman–Crippen LogP) is 3.07. The second kappa shape index (κ2) is 5.16. The van der Waals surface area contributed by atoms with E-state index in [1.165, 1.54) is 0 Å². The number of hydrogen-bond donors (Lipinski definition) is 1. The molecule has 0 radical (unpaired) electrons. The van der Waals surface area contributed by atoms with E-state index in [2.05, 4.69) is 0 Å². The number of carboxylic acids is 1. The molecule has 1 heterocycles. The van der Waals surface area contributed by atoms with Gasteiger partial charge in [0.05, 0.1) is 5.41 Å². The van der Waals surface area contributed by atoms with Crippen molar-refractivity contribution in [3.05, 3.63) is 29.1 Å². The molecule has 2 rings (SSSR count). The van der Waals surface area contributed by atoms with Crippen LogP contribution in [0, 0.1) is 34.5 Å². The molecule has 1 aliphatic heterocycles. The first-order valence-electron chi connectivity index (χ1n) is 6.25. The number of carbonyl (C=O) groups is 1. The van der Waals surface area contributed by atoms with Crippen molar-refractivity contribution in [3.8, 4) is 0 Å². The van der Waals surface area contributed by atoms with Crippen LogP contribution in [0.4, 0.5) is 27.6 Å². The highest BCUT2D eigenvalue weighted by Crippen LogP contribution is 2.39. The smallest absolute Gasteiger partial charge is 0.311 e. The first-order valence-corrected chi connectivity index (χ1v) is 6.25. The lowest BCUT2D eigenvalue weighted by Crippen LogP contribution is -2.34. The molecule has 3 nitrogen and oxygen atoms in total. The molecule has 0 aliphatic carbocycles. The molecular formula is C13H12F5NO2. The van der Waals surface area contributed by atoms with Gasteiger partial charge >= 0.3 is 5.97 Å². The number of anilines is 1. The van der Waals surface area contributed by atoms with Crippen LogP contribution < -0.4 is 4.90 Å². The SMILES string of the molecule is CCC1(C(=O)O)CCN(c2c(F)c(F)c(F)c(F)c2F)C1. The first-order chi connectivity index (χ1) is 9.75. The Bertz CT molecular complexity index is 578. The van der Waals surface area contributed by atoms with E-state index in [1.54, 1.807) is 6.92 Å². The molecule has 116 valence electrons. The van der Waals surface area contributed by atoms with Gasteiger partial charge in [-0.3, -0.25) is 4.79 Å². The van der Waals surface area contributed by atoms with Gasteiger partial charge in [0.25, 0.3) is 0 Å². The van der Waals surface area contributed by atoms with E-state index in [4.69, 9.17) is 0 Å². The molecule has 1 unspecified atom stereocenters. The lowest BCUT2D eigenvalue weighted by Gasteiger charge is -2.25. The largest absolute Gasteiger partial charge is 0.481 e. The van der Waals surface area contributed by atoms with Crippen molar-refractivity contribution in [3.63, 3.8) is 0 Å². The molecule has 0 saturated carbocycles. The summed E-state index contributed by atoms with van der Waals surface area (Å²) >= 11 is 0. The highest BCUT2D eigenvalue weighted by atomic mass is 19.2. The van der Waals surface area contributed by atoms with E-state index >= 15 is 0 Å². The van der Waals surface area contributed by atoms with E-state index in [9.17, 15) is 31.9 Å². The molecule has 1 fully saturated rings. The van der Waals surface area contributed by atoms with Gasteiger partial charge in [-0.1, -0.05) is 6.92 Å². The zero-order valence-electron chi connectivity index (χ0n) is 11.0. The Labute approximate surface area is 117 Å². The number of halogens is 5. The third-order valence-electron chi connectivity index (χ3n) is 3.99. The van der Waals surface area contributed by atoms with Crippen LogP contribution in [-0.4, -0.2) is 24.2 Å². The second-order valence-electron chi connectivity index (χ2n) is 5.03. The van der Waals surface area contributed by atoms with Gasteiger partial charge < -0.3 is 10.0 Å². The average Bonchev–Trinajstić information content (AvgIpc) is 2.89. The summed E-state index contributed by atoms with van der Waals surface area (Å²) in [7, 11) is 0. The van der Waals surface area contributed by atoms with Gasteiger partial charge in [0.2, 0.25) is 5.82 Å². The quantitative estimate of drug-likeness (QED) is 0.530. The van der Waals surface area contributed by atoms with Crippen LogP contribution in [-0.2, 0) is 4.79 Å². The molecule has 21 heavy (non-hydrogen) atoms. The van der Waals surface area contributed by atoms with Gasteiger partial charge in [0, 0.05) is 13.1 Å². The second-order valence-corrected chi connectivity index (χ2v) is 5.03. The van der Waals surface area contributed by atoms with Gasteiger partial charge in [0.1, 0.15) is 5.69 Å². The normalized spacial score (nSPS) is 21.9. The fraction of sp³-hybridized carbons (Fsp3) is 0.462. The fourth-order valence-corrected chi connectivity index (χ4v) is 2.55. The van der Waals surface area contributed by atoms with Gasteiger partial charge in [-0.15, -0.1) is 0 Å². The molecule has 1 aromatic carbocycles. The van der Waals surface area contributed by atoms with E-state index < -0.39 is 46.2 Å². The van der Waals surface area contributed by atoms with Crippen molar-refractivity contribution in [2.75, 3.05) is 18.0 Å². The average molecular weight is 309 g/mol. The van der Waals surface area contributed by atoms with Gasteiger partial charge in [-0.25, -0.2) is 22.0 Å². The molecule has 1 aliphatic rings. The molecule has 0 amide bonds. The van der Waals surface area contributed by atoms with Crippen molar-refractivity contribution in [2.24, 2.45) is 5.41 Å². The number of benzene rings is 1. The van der Waals surface area contributed by atoms with Crippen LogP contribution in [0.2, 0.25) is 0 Å². The lowest BCUT2D eigenvalue weighted by atomic mass is 9.84. The lowest BCUT2D eigenvalue weighted by molar-refractivity contribution is -0.147. The number of rotatable bonds is 3. The van der Waals surface area contributed by atoms with Gasteiger partial charge in [-0.2, -0.15) is 0 Å². The summed E-state index contributed by atoms with van der Waals surface area (Å²) < 4.78 is 66.8. The minimum absolute atomic E-state index is 0.0678. The molecule has 0 spiro atoms. The molecule has 1 saturated heterocycles. The summed E-state index contributed by atoms with van der Waals surface area (Å²) in [5, 5.41) is 9.20. The molecule has 1 N–H and O–H groups in total. The summed E-state index contributed by atoms with van der Waals surface area (Å²) in [5.74, 6) is -11.3. The van der Waals surface area contributed by atoms with E-state index in [0.29, 0.717) is 0 Å². The third kappa shape index (κ3) is 2.22. The van der Waals surface area contributed by atoms with Crippen molar-refractivity contribution in [1.82, 2.24) is 0 Å². The van der Waals surface area contributed by atoms with Crippen LogP contribution in [0.3, 0.4) is 0 Å². The predicted molar refractivity (Wildman–Crippen MR) is 63.4 cm³/mol. The molecule has 0 aromatic heterocycles. The number of hydrogen-bond acceptors (Lipinski definition) is 2. The summed E-state index contributed by atoms with van der Waals surface area (Å²) in [6.07, 6.45) is 0.257. The number of nitrogens with zero attached hydrogens (tertiary/aromatic N) is 1. The Morgan fingerprint density at radius 1 is 1.10 bits per heavy atom. The fourth-order valence-electron chi connectivity index (χ4n) is 2.55. The highest BCUT2D eigenvalue weighted by Gasteiger charge is 2.45. The Morgan fingerprint density at radius 3 is 1.95 bits per heavy atom. The molecule has 1 atom stereocenters. The Kier molecular flexibility index (Phi) is 3.81. The van der Waals surface area contributed by atoms with Crippen LogP contribution >= 0.6 is 0 Å². The van der Waals surface area contributed by atoms with Gasteiger partial charge in [0.15, 0.2) is 23.3 Å². The standard InChI is InChI=1S/C13H12F5NO2/c1-2-13(12(20)21)3-4-19(5-13)11-9(17)7(15)6(14)8(16)10(11)18/h2-5H2,1H3,(H,20,21). The molecular weight excluding hydrogens is 297 g/mol. The Hall–Kier alpha value is -1.86. The third-order valence-corrected chi connectivity index (χ3v) is 3.99. The first kappa shape index (κ1) is 15.5. The highest BCUT2D eigenvalue weighted by molar-refractivity contribution is 5.77. The molecule has 1 aromatic rings.